The Hall–Kier alpha value is -2.11. The summed E-state index contributed by atoms with van der Waals surface area (Å²) in [7, 11) is 1.37. The van der Waals surface area contributed by atoms with E-state index in [-0.39, 0.29) is 46.7 Å². The summed E-state index contributed by atoms with van der Waals surface area (Å²) in [5, 5.41) is 0. The van der Waals surface area contributed by atoms with Crippen molar-refractivity contribution in [1.82, 2.24) is 0 Å². The van der Waals surface area contributed by atoms with Crippen molar-refractivity contribution in [2.24, 2.45) is 34.5 Å². The standard InChI is InChI=1S/C27H40O6/c1-17-7-9-23-22(16-32-18(2)28)24(12-14-26(17,23)4)27(5)13-11-21(33-19(3)29)15-20(27)8-10-25(30)31-6/h8,10,20-24H,1,7,9,11-16H2,2-6H3/b10-8+/t20-,21-,22-,23?,24?,26+,27-/m0/s1. The zero-order valence-corrected chi connectivity index (χ0v) is 20.9. The number of hydrogen-bond donors (Lipinski definition) is 0. The lowest BCUT2D eigenvalue weighted by Crippen LogP contribution is -2.51. The van der Waals surface area contributed by atoms with Crippen LogP contribution < -0.4 is 0 Å². The highest BCUT2D eigenvalue weighted by Crippen LogP contribution is 2.63. The molecule has 0 aromatic carbocycles. The zero-order chi connectivity index (χ0) is 24.4. The van der Waals surface area contributed by atoms with Crippen LogP contribution in [0.15, 0.2) is 24.3 Å². The molecule has 3 aliphatic carbocycles. The molecule has 3 fully saturated rings. The Balaban J connectivity index is 1.94. The van der Waals surface area contributed by atoms with Crippen LogP contribution in [-0.4, -0.2) is 37.7 Å². The van der Waals surface area contributed by atoms with Crippen molar-refractivity contribution in [3.05, 3.63) is 24.3 Å². The van der Waals surface area contributed by atoms with Gasteiger partial charge in [-0.05, 0) is 73.5 Å². The topological polar surface area (TPSA) is 78.9 Å². The fourth-order valence-corrected chi connectivity index (χ4v) is 7.15. The van der Waals surface area contributed by atoms with Gasteiger partial charge in [-0.1, -0.05) is 32.1 Å². The second kappa shape index (κ2) is 10.0. The summed E-state index contributed by atoms with van der Waals surface area (Å²) in [4.78, 5) is 35.3. The Morgan fingerprint density at radius 3 is 2.42 bits per heavy atom. The molecule has 3 rings (SSSR count). The Labute approximate surface area is 198 Å². The van der Waals surface area contributed by atoms with E-state index < -0.39 is 0 Å². The minimum Gasteiger partial charge on any atom is -0.466 e. The van der Waals surface area contributed by atoms with E-state index in [1.807, 2.05) is 6.08 Å². The van der Waals surface area contributed by atoms with Crippen molar-refractivity contribution in [1.29, 1.82) is 0 Å². The number of hydrogen-bond acceptors (Lipinski definition) is 6. The number of carbonyl (C=O) groups excluding carboxylic acids is 3. The molecule has 7 atom stereocenters. The van der Waals surface area contributed by atoms with Gasteiger partial charge in [-0.2, -0.15) is 0 Å². The maximum absolute atomic E-state index is 11.9. The van der Waals surface area contributed by atoms with Gasteiger partial charge in [0.2, 0.25) is 0 Å². The first-order valence-corrected chi connectivity index (χ1v) is 12.3. The monoisotopic (exact) mass is 460 g/mol. The molecule has 3 aliphatic rings. The van der Waals surface area contributed by atoms with E-state index in [2.05, 4.69) is 20.4 Å². The van der Waals surface area contributed by atoms with Crippen LogP contribution in [0.5, 0.6) is 0 Å². The van der Waals surface area contributed by atoms with Crippen LogP contribution in [0.1, 0.15) is 72.6 Å². The van der Waals surface area contributed by atoms with E-state index in [1.165, 1.54) is 32.6 Å². The van der Waals surface area contributed by atoms with Gasteiger partial charge in [0.1, 0.15) is 6.10 Å². The Bertz CT molecular complexity index is 815. The summed E-state index contributed by atoms with van der Waals surface area (Å²) in [6.07, 6.45) is 9.86. The molecule has 0 aromatic rings. The van der Waals surface area contributed by atoms with E-state index in [0.29, 0.717) is 24.9 Å². The van der Waals surface area contributed by atoms with Crippen molar-refractivity contribution < 1.29 is 28.6 Å². The first-order valence-electron chi connectivity index (χ1n) is 12.3. The predicted octanol–water partition coefficient (Wildman–Crippen LogP) is 5.02. The molecule has 0 saturated heterocycles. The van der Waals surface area contributed by atoms with E-state index in [4.69, 9.17) is 14.2 Å². The fraction of sp³-hybridized carbons (Fsp3) is 0.741. The molecule has 6 heteroatoms. The van der Waals surface area contributed by atoms with E-state index in [9.17, 15) is 14.4 Å². The highest BCUT2D eigenvalue weighted by atomic mass is 16.5. The summed E-state index contributed by atoms with van der Waals surface area (Å²) in [6.45, 7) is 12.4. The van der Waals surface area contributed by atoms with Gasteiger partial charge >= 0.3 is 17.9 Å². The van der Waals surface area contributed by atoms with Gasteiger partial charge in [0, 0.05) is 25.8 Å². The molecule has 0 aromatic heterocycles. The SMILES string of the molecule is C=C1CCC2[C@H](COC(C)=O)C([C@@]3(C)CC[C@H](OC(C)=O)C[C@@H]3/C=C/C(=O)OC)CC[C@]12C. The van der Waals surface area contributed by atoms with Crippen molar-refractivity contribution >= 4 is 17.9 Å². The predicted molar refractivity (Wildman–Crippen MR) is 125 cm³/mol. The lowest BCUT2D eigenvalue weighted by molar-refractivity contribution is -0.155. The summed E-state index contributed by atoms with van der Waals surface area (Å²) < 4.78 is 16.0. The van der Waals surface area contributed by atoms with Crippen LogP contribution in [0.2, 0.25) is 0 Å². The summed E-state index contributed by atoms with van der Waals surface area (Å²) in [5.74, 6) is 0.132. The molecule has 0 N–H and O–H groups in total. The second-order valence-electron chi connectivity index (χ2n) is 10.8. The number of esters is 3. The maximum Gasteiger partial charge on any atom is 0.330 e. The van der Waals surface area contributed by atoms with Crippen molar-refractivity contribution in [2.45, 2.75) is 78.7 Å². The largest absolute Gasteiger partial charge is 0.466 e. The second-order valence-corrected chi connectivity index (χ2v) is 10.8. The van der Waals surface area contributed by atoms with E-state index in [1.54, 1.807) is 0 Å². The molecular weight excluding hydrogens is 420 g/mol. The van der Waals surface area contributed by atoms with E-state index >= 15 is 0 Å². The third kappa shape index (κ3) is 5.20. The third-order valence-electron chi connectivity index (χ3n) is 9.08. The Kier molecular flexibility index (Phi) is 7.75. The van der Waals surface area contributed by atoms with Crippen LogP contribution in [0, 0.1) is 34.5 Å². The molecule has 0 aliphatic heterocycles. The molecule has 33 heavy (non-hydrogen) atoms. The molecule has 0 amide bonds. The van der Waals surface area contributed by atoms with Crippen LogP contribution >= 0.6 is 0 Å². The quantitative estimate of drug-likeness (QED) is 0.240. The Morgan fingerprint density at radius 1 is 1.06 bits per heavy atom. The van der Waals surface area contributed by atoms with Gasteiger partial charge in [0.05, 0.1) is 13.7 Å². The van der Waals surface area contributed by atoms with Crippen LogP contribution in [0.3, 0.4) is 0 Å². The zero-order valence-electron chi connectivity index (χ0n) is 20.9. The lowest BCUT2D eigenvalue weighted by atomic mass is 9.49. The highest BCUT2D eigenvalue weighted by molar-refractivity contribution is 5.81. The lowest BCUT2D eigenvalue weighted by Gasteiger charge is -2.56. The molecule has 3 saturated carbocycles. The average molecular weight is 461 g/mol. The van der Waals surface area contributed by atoms with Gasteiger partial charge < -0.3 is 14.2 Å². The number of carbonyl (C=O) groups is 3. The fourth-order valence-electron chi connectivity index (χ4n) is 7.15. The number of ether oxygens (including phenoxy) is 3. The highest BCUT2D eigenvalue weighted by Gasteiger charge is 2.57. The number of rotatable bonds is 6. The normalized spacial score (nSPS) is 38.6. The minimum absolute atomic E-state index is 0.0495. The molecule has 0 heterocycles. The average Bonchev–Trinajstić information content (AvgIpc) is 3.06. The maximum atomic E-state index is 11.9. The van der Waals surface area contributed by atoms with Crippen LogP contribution in [-0.2, 0) is 28.6 Å². The van der Waals surface area contributed by atoms with Gasteiger partial charge in [-0.3, -0.25) is 9.59 Å². The van der Waals surface area contributed by atoms with Crippen molar-refractivity contribution in [3.63, 3.8) is 0 Å². The van der Waals surface area contributed by atoms with Crippen molar-refractivity contribution in [3.8, 4) is 0 Å². The van der Waals surface area contributed by atoms with Gasteiger partial charge in [-0.15, -0.1) is 0 Å². The molecule has 2 unspecified atom stereocenters. The molecule has 0 radical (unpaired) electrons. The molecular formula is C27H40O6. The molecule has 0 bridgehead atoms. The smallest absolute Gasteiger partial charge is 0.330 e. The van der Waals surface area contributed by atoms with Gasteiger partial charge in [0.25, 0.3) is 0 Å². The van der Waals surface area contributed by atoms with Gasteiger partial charge in [-0.25, -0.2) is 4.79 Å². The third-order valence-corrected chi connectivity index (χ3v) is 9.08. The van der Waals surface area contributed by atoms with E-state index in [0.717, 1.165) is 38.5 Å². The molecule has 6 nitrogen and oxygen atoms in total. The summed E-state index contributed by atoms with van der Waals surface area (Å²) >= 11 is 0. The summed E-state index contributed by atoms with van der Waals surface area (Å²) in [6, 6.07) is 0. The summed E-state index contributed by atoms with van der Waals surface area (Å²) in [5.41, 5.74) is 1.30. The number of allylic oxidation sites excluding steroid dienone is 2. The van der Waals surface area contributed by atoms with Crippen LogP contribution in [0.25, 0.3) is 0 Å². The Morgan fingerprint density at radius 2 is 1.79 bits per heavy atom. The number of methoxy groups -OCH3 is 1. The van der Waals surface area contributed by atoms with Crippen molar-refractivity contribution in [2.75, 3.05) is 13.7 Å². The molecule has 0 spiro atoms. The first-order chi connectivity index (χ1) is 15.5. The van der Waals surface area contributed by atoms with Gasteiger partial charge in [0.15, 0.2) is 0 Å². The molecule has 184 valence electrons. The first kappa shape index (κ1) is 25.5. The minimum atomic E-state index is -0.383. The number of fused-ring (bicyclic) bond motifs is 1. The van der Waals surface area contributed by atoms with Crippen LogP contribution in [0.4, 0.5) is 0 Å².